The number of esters is 1. The Balaban J connectivity index is 1.74. The molecule has 3 aromatic rings. The third-order valence-electron chi connectivity index (χ3n) is 4.56. The van der Waals surface area contributed by atoms with Gasteiger partial charge in [0, 0.05) is 11.6 Å². The molecule has 1 heterocycles. The Morgan fingerprint density at radius 1 is 1.03 bits per heavy atom. The van der Waals surface area contributed by atoms with E-state index < -0.39 is 11.9 Å². The molecule has 0 saturated carbocycles. The number of halogens is 1. The lowest BCUT2D eigenvalue weighted by atomic mass is 10.1. The van der Waals surface area contributed by atoms with Gasteiger partial charge in [0.05, 0.1) is 17.0 Å². The predicted molar refractivity (Wildman–Crippen MR) is 128 cm³/mol. The molecule has 0 radical (unpaired) electrons. The molecule has 0 aliphatic carbocycles. The first-order valence-electron chi connectivity index (χ1n) is 10.2. The van der Waals surface area contributed by atoms with Crippen LogP contribution < -0.4 is 15.4 Å². The van der Waals surface area contributed by atoms with E-state index in [1.807, 2.05) is 30.3 Å². The predicted octanol–water partition coefficient (Wildman–Crippen LogP) is 4.83. The van der Waals surface area contributed by atoms with Crippen LogP contribution in [0.4, 0.5) is 5.00 Å². The first-order valence-corrected chi connectivity index (χ1v) is 11.4. The van der Waals surface area contributed by atoms with Crippen molar-refractivity contribution >= 4 is 45.7 Å². The summed E-state index contributed by atoms with van der Waals surface area (Å²) in [6.07, 6.45) is 0. The van der Waals surface area contributed by atoms with Gasteiger partial charge in [-0.25, -0.2) is 4.79 Å². The number of anilines is 1. The Kier molecular flexibility index (Phi) is 8.46. The minimum Gasteiger partial charge on any atom is -0.484 e. The van der Waals surface area contributed by atoms with E-state index >= 15 is 0 Å². The molecule has 0 saturated heterocycles. The number of thiophene rings is 1. The molecule has 0 fully saturated rings. The first-order chi connectivity index (χ1) is 15.9. The number of rotatable bonds is 9. The van der Waals surface area contributed by atoms with Crippen molar-refractivity contribution in [2.45, 2.75) is 20.4 Å². The van der Waals surface area contributed by atoms with Gasteiger partial charge in [-0.2, -0.15) is 0 Å². The van der Waals surface area contributed by atoms with Crippen molar-refractivity contribution in [1.29, 1.82) is 0 Å². The van der Waals surface area contributed by atoms with Crippen LogP contribution in [-0.2, 0) is 16.1 Å². The van der Waals surface area contributed by atoms with E-state index in [9.17, 15) is 14.4 Å². The summed E-state index contributed by atoms with van der Waals surface area (Å²) in [5.41, 5.74) is 1.54. The van der Waals surface area contributed by atoms with Gasteiger partial charge in [-0.05, 0) is 49.2 Å². The van der Waals surface area contributed by atoms with E-state index in [1.54, 1.807) is 38.1 Å². The summed E-state index contributed by atoms with van der Waals surface area (Å²) < 4.78 is 10.6. The van der Waals surface area contributed by atoms with Gasteiger partial charge in [0.2, 0.25) is 0 Å². The Labute approximate surface area is 200 Å². The Morgan fingerprint density at radius 2 is 1.73 bits per heavy atom. The van der Waals surface area contributed by atoms with Crippen molar-refractivity contribution in [3.05, 3.63) is 81.2 Å². The van der Waals surface area contributed by atoms with Crippen LogP contribution in [0.5, 0.6) is 5.75 Å². The SMILES string of the molecule is CCOC(=O)c1c(NC(=O)COc2ccc(Cl)cc2)sc(C(=O)NCc2ccccc2)c1C. The number of carbonyl (C=O) groups is 3. The molecule has 2 amide bonds. The Bertz CT molecular complexity index is 1130. The van der Waals surface area contributed by atoms with Gasteiger partial charge in [0.25, 0.3) is 11.8 Å². The number of hydrogen-bond acceptors (Lipinski definition) is 6. The number of hydrogen-bond donors (Lipinski definition) is 2. The van der Waals surface area contributed by atoms with E-state index in [4.69, 9.17) is 21.1 Å². The smallest absolute Gasteiger partial charge is 0.341 e. The van der Waals surface area contributed by atoms with E-state index in [2.05, 4.69) is 10.6 Å². The molecule has 0 unspecified atom stereocenters. The van der Waals surface area contributed by atoms with Gasteiger partial charge in [0.1, 0.15) is 10.8 Å². The van der Waals surface area contributed by atoms with Gasteiger partial charge >= 0.3 is 5.97 Å². The zero-order chi connectivity index (χ0) is 23.8. The van der Waals surface area contributed by atoms with E-state index in [1.165, 1.54) is 0 Å². The first kappa shape index (κ1) is 24.3. The average molecular weight is 487 g/mol. The number of nitrogens with one attached hydrogen (secondary N) is 2. The number of amides is 2. The average Bonchev–Trinajstić information content (AvgIpc) is 3.13. The van der Waals surface area contributed by atoms with Crippen LogP contribution in [0.25, 0.3) is 0 Å². The summed E-state index contributed by atoms with van der Waals surface area (Å²) in [5, 5.41) is 6.30. The van der Waals surface area contributed by atoms with E-state index in [0.717, 1.165) is 16.9 Å². The second-order valence-corrected chi connectivity index (χ2v) is 8.40. The summed E-state index contributed by atoms with van der Waals surface area (Å²) >= 11 is 6.86. The van der Waals surface area contributed by atoms with E-state index in [0.29, 0.717) is 27.8 Å². The second kappa shape index (κ2) is 11.5. The Hall–Kier alpha value is -3.36. The zero-order valence-electron chi connectivity index (χ0n) is 18.1. The van der Waals surface area contributed by atoms with E-state index in [-0.39, 0.29) is 29.7 Å². The van der Waals surface area contributed by atoms with Crippen LogP contribution in [0.1, 0.15) is 38.1 Å². The van der Waals surface area contributed by atoms with Crippen LogP contribution in [0, 0.1) is 6.92 Å². The summed E-state index contributed by atoms with van der Waals surface area (Å²) in [6, 6.07) is 16.1. The molecule has 3 rings (SSSR count). The molecule has 7 nitrogen and oxygen atoms in total. The highest BCUT2D eigenvalue weighted by atomic mass is 35.5. The van der Waals surface area contributed by atoms with Gasteiger partial charge < -0.3 is 20.1 Å². The van der Waals surface area contributed by atoms with Crippen LogP contribution in [-0.4, -0.2) is 31.0 Å². The van der Waals surface area contributed by atoms with Gasteiger partial charge in [-0.3, -0.25) is 9.59 Å². The monoisotopic (exact) mass is 486 g/mol. The zero-order valence-corrected chi connectivity index (χ0v) is 19.7. The summed E-state index contributed by atoms with van der Waals surface area (Å²) in [5.74, 6) is -0.955. The fourth-order valence-electron chi connectivity index (χ4n) is 2.97. The van der Waals surface area contributed by atoms with Crippen molar-refractivity contribution in [1.82, 2.24) is 5.32 Å². The quantitative estimate of drug-likeness (QED) is 0.422. The summed E-state index contributed by atoms with van der Waals surface area (Å²) in [6.45, 7) is 3.56. The van der Waals surface area contributed by atoms with Crippen molar-refractivity contribution in [2.75, 3.05) is 18.5 Å². The second-order valence-electron chi connectivity index (χ2n) is 6.94. The fourth-order valence-corrected chi connectivity index (χ4v) is 4.22. The number of benzene rings is 2. The van der Waals surface area contributed by atoms with Gasteiger partial charge in [-0.15, -0.1) is 11.3 Å². The topological polar surface area (TPSA) is 93.7 Å². The van der Waals surface area contributed by atoms with Crippen molar-refractivity contribution in [3.63, 3.8) is 0 Å². The highest BCUT2D eigenvalue weighted by Crippen LogP contribution is 2.34. The molecule has 172 valence electrons. The normalized spacial score (nSPS) is 10.4. The molecule has 0 aliphatic rings. The van der Waals surface area contributed by atoms with Crippen LogP contribution in [0.3, 0.4) is 0 Å². The van der Waals surface area contributed by atoms with Crippen LogP contribution in [0.2, 0.25) is 5.02 Å². The van der Waals surface area contributed by atoms with Crippen molar-refractivity contribution < 1.29 is 23.9 Å². The van der Waals surface area contributed by atoms with Crippen LogP contribution in [0.15, 0.2) is 54.6 Å². The third-order valence-corrected chi connectivity index (χ3v) is 6.02. The lowest BCUT2D eigenvalue weighted by Crippen LogP contribution is -2.22. The lowest BCUT2D eigenvalue weighted by Gasteiger charge is -2.08. The highest BCUT2D eigenvalue weighted by Gasteiger charge is 2.26. The standard InChI is InChI=1S/C24H23ClN2O5S/c1-3-31-24(30)20-15(2)21(22(29)26-13-16-7-5-4-6-8-16)33-23(20)27-19(28)14-32-18-11-9-17(25)10-12-18/h4-12H,3,13-14H2,1-2H3,(H,26,29)(H,27,28). The molecular formula is C24H23ClN2O5S. The molecule has 0 bridgehead atoms. The molecule has 0 atom stereocenters. The molecular weight excluding hydrogens is 464 g/mol. The minimum absolute atomic E-state index is 0.159. The maximum atomic E-state index is 12.8. The molecule has 0 aliphatic heterocycles. The summed E-state index contributed by atoms with van der Waals surface area (Å²) in [4.78, 5) is 38.2. The number of ether oxygens (including phenoxy) is 2. The van der Waals surface area contributed by atoms with Gasteiger partial charge in [-0.1, -0.05) is 41.9 Å². The summed E-state index contributed by atoms with van der Waals surface area (Å²) in [7, 11) is 0. The number of carbonyl (C=O) groups excluding carboxylic acids is 3. The fraction of sp³-hybridized carbons (Fsp3) is 0.208. The third kappa shape index (κ3) is 6.57. The molecule has 9 heteroatoms. The van der Waals surface area contributed by atoms with Crippen molar-refractivity contribution in [3.8, 4) is 5.75 Å². The van der Waals surface area contributed by atoms with Crippen molar-refractivity contribution in [2.24, 2.45) is 0 Å². The highest BCUT2D eigenvalue weighted by molar-refractivity contribution is 7.18. The molecule has 2 N–H and O–H groups in total. The Morgan fingerprint density at radius 3 is 2.39 bits per heavy atom. The lowest BCUT2D eigenvalue weighted by molar-refractivity contribution is -0.118. The maximum Gasteiger partial charge on any atom is 0.341 e. The van der Waals surface area contributed by atoms with Gasteiger partial charge in [0.15, 0.2) is 6.61 Å². The molecule has 0 spiro atoms. The minimum atomic E-state index is -0.609. The molecule has 33 heavy (non-hydrogen) atoms. The van der Waals surface area contributed by atoms with Crippen LogP contribution >= 0.6 is 22.9 Å². The molecule has 2 aromatic carbocycles. The largest absolute Gasteiger partial charge is 0.484 e. The maximum absolute atomic E-state index is 12.8. The molecule has 1 aromatic heterocycles.